The summed E-state index contributed by atoms with van der Waals surface area (Å²) in [5, 5.41) is 2.00. The van der Waals surface area contributed by atoms with Crippen molar-refractivity contribution in [3.8, 4) is 0 Å². The fraction of sp³-hybridized carbons (Fsp3) is 0.750. The summed E-state index contributed by atoms with van der Waals surface area (Å²) in [4.78, 5) is 18.3. The third-order valence-corrected chi connectivity index (χ3v) is 6.60. The summed E-state index contributed by atoms with van der Waals surface area (Å²) in [5.74, 6) is 2.37. The van der Waals surface area contributed by atoms with E-state index < -0.39 is 0 Å². The maximum Gasteiger partial charge on any atom is 0.254 e. The lowest BCUT2D eigenvalue weighted by atomic mass is 9.75. The van der Waals surface area contributed by atoms with Crippen molar-refractivity contribution in [2.24, 2.45) is 28.2 Å². The molecule has 2 unspecified atom stereocenters. The van der Waals surface area contributed by atoms with Crippen molar-refractivity contribution in [1.29, 1.82) is 0 Å². The Bertz CT molecular complexity index is 604. The van der Waals surface area contributed by atoms with E-state index >= 15 is 0 Å². The first kappa shape index (κ1) is 13.7. The number of thiazole rings is 1. The molecule has 0 spiro atoms. The summed E-state index contributed by atoms with van der Waals surface area (Å²) in [6.45, 7) is 1.41. The lowest BCUT2D eigenvalue weighted by Crippen LogP contribution is -2.33. The van der Waals surface area contributed by atoms with E-state index in [9.17, 15) is 4.79 Å². The summed E-state index contributed by atoms with van der Waals surface area (Å²) in [6.07, 6.45) is 8.09. The van der Waals surface area contributed by atoms with Crippen LogP contribution in [-0.4, -0.2) is 24.2 Å². The second kappa shape index (κ2) is 5.06. The molecule has 0 saturated heterocycles. The zero-order chi connectivity index (χ0) is 14.4. The molecule has 21 heavy (non-hydrogen) atoms. The van der Waals surface area contributed by atoms with Gasteiger partial charge in [0.2, 0.25) is 0 Å². The number of hydrogen-bond donors (Lipinski definition) is 0. The van der Waals surface area contributed by atoms with Crippen LogP contribution in [0, 0.1) is 23.2 Å². The van der Waals surface area contributed by atoms with Crippen LogP contribution < -0.4 is 4.80 Å². The molecule has 1 amide bonds. The Balaban J connectivity index is 1.62. The summed E-state index contributed by atoms with van der Waals surface area (Å²) < 4.78 is 7.15. The summed E-state index contributed by atoms with van der Waals surface area (Å²) in [6, 6.07) is 0. The average molecular weight is 306 g/mol. The average Bonchev–Trinajstić information content (AvgIpc) is 3.07. The first-order chi connectivity index (χ1) is 10.2. The Morgan fingerprint density at radius 2 is 2.19 bits per heavy atom. The molecule has 4 bridgehead atoms. The fourth-order valence-electron chi connectivity index (χ4n) is 5.09. The molecule has 0 aliphatic heterocycles. The Kier molecular flexibility index (Phi) is 3.30. The van der Waals surface area contributed by atoms with Crippen LogP contribution in [0.5, 0.6) is 0 Å². The first-order valence-electron chi connectivity index (χ1n) is 7.93. The van der Waals surface area contributed by atoms with Gasteiger partial charge in [-0.05, 0) is 49.9 Å². The van der Waals surface area contributed by atoms with E-state index in [2.05, 4.69) is 4.99 Å². The molecule has 4 nitrogen and oxygen atoms in total. The second-order valence-electron chi connectivity index (χ2n) is 6.99. The van der Waals surface area contributed by atoms with E-state index in [1.807, 2.05) is 16.1 Å². The van der Waals surface area contributed by atoms with E-state index in [0.717, 1.165) is 36.0 Å². The zero-order valence-electron chi connectivity index (χ0n) is 12.5. The van der Waals surface area contributed by atoms with Gasteiger partial charge in [0.25, 0.3) is 5.91 Å². The van der Waals surface area contributed by atoms with Crippen molar-refractivity contribution in [2.75, 3.05) is 13.7 Å². The largest absolute Gasteiger partial charge is 0.383 e. The number of rotatable bonds is 4. The maximum atomic E-state index is 12.9. The van der Waals surface area contributed by atoms with Crippen molar-refractivity contribution in [1.82, 2.24) is 4.57 Å². The first-order valence-corrected chi connectivity index (χ1v) is 8.81. The van der Waals surface area contributed by atoms with E-state index in [1.54, 1.807) is 18.4 Å². The summed E-state index contributed by atoms with van der Waals surface area (Å²) in [5.41, 5.74) is -0.101. The minimum absolute atomic E-state index is 0.101. The summed E-state index contributed by atoms with van der Waals surface area (Å²) >= 11 is 1.55. The van der Waals surface area contributed by atoms with Crippen LogP contribution >= 0.6 is 11.3 Å². The van der Waals surface area contributed by atoms with Gasteiger partial charge in [0.05, 0.1) is 12.0 Å². The van der Waals surface area contributed by atoms with Gasteiger partial charge in [-0.15, -0.1) is 11.3 Å². The van der Waals surface area contributed by atoms with E-state index in [0.29, 0.717) is 12.5 Å². The molecule has 4 fully saturated rings. The molecule has 4 aliphatic rings. The molecular formula is C16H22N2O2S. The molecule has 4 aliphatic carbocycles. The SMILES string of the molecule is COCCn1ccs/c1=N\C(=O)C12CC3CC(CC1C3)C2. The van der Waals surface area contributed by atoms with Crippen LogP contribution in [0.3, 0.4) is 0 Å². The molecular weight excluding hydrogens is 284 g/mol. The highest BCUT2D eigenvalue weighted by atomic mass is 32.1. The minimum atomic E-state index is -0.101. The quantitative estimate of drug-likeness (QED) is 0.857. The number of aromatic nitrogens is 1. The Labute approximate surface area is 128 Å². The van der Waals surface area contributed by atoms with Gasteiger partial charge in [0.1, 0.15) is 0 Å². The number of nitrogens with zero attached hydrogens (tertiary/aromatic N) is 2. The second-order valence-corrected chi connectivity index (χ2v) is 7.86. The Hall–Kier alpha value is -0.940. The fourth-order valence-corrected chi connectivity index (χ4v) is 5.84. The molecule has 5 rings (SSSR count). The number of hydrogen-bond acceptors (Lipinski definition) is 3. The van der Waals surface area contributed by atoms with Crippen molar-refractivity contribution in [3.05, 3.63) is 16.4 Å². The molecule has 114 valence electrons. The number of carbonyl (C=O) groups is 1. The highest BCUT2D eigenvalue weighted by molar-refractivity contribution is 7.07. The van der Waals surface area contributed by atoms with E-state index in [-0.39, 0.29) is 11.3 Å². The van der Waals surface area contributed by atoms with Crippen LogP contribution in [0.2, 0.25) is 0 Å². The predicted molar refractivity (Wildman–Crippen MR) is 80.7 cm³/mol. The monoisotopic (exact) mass is 306 g/mol. The molecule has 0 radical (unpaired) electrons. The van der Waals surface area contributed by atoms with Crippen LogP contribution in [0.4, 0.5) is 0 Å². The van der Waals surface area contributed by atoms with Gasteiger partial charge in [0.15, 0.2) is 4.80 Å². The maximum absolute atomic E-state index is 12.9. The van der Waals surface area contributed by atoms with Gasteiger partial charge < -0.3 is 9.30 Å². The van der Waals surface area contributed by atoms with E-state index in [1.165, 1.54) is 19.3 Å². The molecule has 4 saturated carbocycles. The highest BCUT2D eigenvalue weighted by Gasteiger charge is 2.61. The predicted octanol–water partition coefficient (Wildman–Crippen LogP) is 2.45. The Morgan fingerprint density at radius 1 is 1.43 bits per heavy atom. The number of methoxy groups -OCH3 is 1. The van der Waals surface area contributed by atoms with Crippen LogP contribution in [-0.2, 0) is 16.1 Å². The molecule has 1 aromatic rings. The number of amides is 1. The topological polar surface area (TPSA) is 43.6 Å². The molecule has 1 aromatic heterocycles. The van der Waals surface area contributed by atoms with Gasteiger partial charge in [0, 0.05) is 25.2 Å². The number of ether oxygens (including phenoxy) is 1. The normalized spacial score (nSPS) is 37.6. The van der Waals surface area contributed by atoms with E-state index in [4.69, 9.17) is 4.74 Å². The zero-order valence-corrected chi connectivity index (χ0v) is 13.3. The molecule has 1 heterocycles. The van der Waals surface area contributed by atoms with Gasteiger partial charge in [-0.3, -0.25) is 4.79 Å². The van der Waals surface area contributed by atoms with Crippen molar-refractivity contribution < 1.29 is 9.53 Å². The minimum Gasteiger partial charge on any atom is -0.383 e. The number of carbonyl (C=O) groups excluding carboxylic acids is 1. The summed E-state index contributed by atoms with van der Waals surface area (Å²) in [7, 11) is 1.70. The van der Waals surface area contributed by atoms with Gasteiger partial charge >= 0.3 is 0 Å². The lowest BCUT2D eigenvalue weighted by Gasteiger charge is -2.29. The van der Waals surface area contributed by atoms with Gasteiger partial charge in [-0.25, -0.2) is 0 Å². The smallest absolute Gasteiger partial charge is 0.254 e. The lowest BCUT2D eigenvalue weighted by molar-refractivity contribution is -0.129. The highest BCUT2D eigenvalue weighted by Crippen LogP contribution is 2.65. The van der Waals surface area contributed by atoms with Gasteiger partial charge in [-0.1, -0.05) is 0 Å². The Morgan fingerprint density at radius 3 is 2.90 bits per heavy atom. The van der Waals surface area contributed by atoms with Crippen molar-refractivity contribution in [2.45, 2.75) is 38.6 Å². The molecule has 2 atom stereocenters. The third-order valence-electron chi connectivity index (χ3n) is 5.81. The molecule has 5 heteroatoms. The molecule has 0 aromatic carbocycles. The van der Waals surface area contributed by atoms with Crippen molar-refractivity contribution >= 4 is 17.2 Å². The van der Waals surface area contributed by atoms with Gasteiger partial charge in [-0.2, -0.15) is 4.99 Å². The van der Waals surface area contributed by atoms with Crippen LogP contribution in [0.25, 0.3) is 0 Å². The van der Waals surface area contributed by atoms with Crippen LogP contribution in [0.15, 0.2) is 16.6 Å². The third kappa shape index (κ3) is 2.13. The molecule has 0 N–H and O–H groups in total. The van der Waals surface area contributed by atoms with Crippen molar-refractivity contribution in [3.63, 3.8) is 0 Å². The standard InChI is InChI=1S/C16H22N2O2S/c1-20-4-2-18-3-5-21-15(18)17-14(19)16-9-11-6-12(10-16)8-13(16)7-11/h3,5,11-13H,2,4,6-10H2,1H3/b17-15-. The van der Waals surface area contributed by atoms with Crippen LogP contribution in [0.1, 0.15) is 32.1 Å².